The molecular weight excluding hydrogens is 722 g/mol. The van der Waals surface area contributed by atoms with E-state index >= 15 is 8.78 Å². The number of hydrogen-bond donors (Lipinski definition) is 1. The number of carboxylic acids is 2. The minimum Gasteiger partial charge on any atom is -0.860 e. The second-order valence-electron chi connectivity index (χ2n) is 12.9. The molecule has 3 aromatic rings. The van der Waals surface area contributed by atoms with Gasteiger partial charge in [-0.05, 0) is 56.3 Å². The van der Waals surface area contributed by atoms with Crippen LogP contribution in [0.2, 0.25) is 0 Å². The molecule has 0 radical (unpaired) electrons. The number of fused-ring (bicyclic) bond motifs is 2. The Morgan fingerprint density at radius 3 is 2.48 bits per heavy atom. The Kier molecular flexibility index (Phi) is 12.5. The Morgan fingerprint density at radius 2 is 1.83 bits per heavy atom. The summed E-state index contributed by atoms with van der Waals surface area (Å²) in [4.78, 5) is 58.5. The fraction of sp³-hybridized carbons (Fsp3) is 0.382. The average molecular weight is 754 g/mol. The van der Waals surface area contributed by atoms with E-state index in [2.05, 4.69) is 4.99 Å². The van der Waals surface area contributed by atoms with Crippen molar-refractivity contribution < 1.29 is 102 Å². The smallest absolute Gasteiger partial charge is 0.860 e. The molecule has 7 rings (SSSR count). The van der Waals surface area contributed by atoms with Gasteiger partial charge in [0.1, 0.15) is 34.9 Å². The zero-order chi connectivity index (χ0) is 35.4. The molecule has 3 aliphatic heterocycles. The van der Waals surface area contributed by atoms with Crippen LogP contribution in [0.3, 0.4) is 0 Å². The Morgan fingerprint density at radius 1 is 1.12 bits per heavy atom. The summed E-state index contributed by atoms with van der Waals surface area (Å²) in [7, 11) is 1.78. The van der Waals surface area contributed by atoms with Crippen LogP contribution in [-0.4, -0.2) is 94.5 Å². The van der Waals surface area contributed by atoms with Crippen molar-refractivity contribution >= 4 is 52.1 Å². The van der Waals surface area contributed by atoms with Gasteiger partial charge in [0.2, 0.25) is 0 Å². The first kappa shape index (κ1) is 40.2. The zero-order valence-corrected chi connectivity index (χ0v) is 33.5. The molecule has 13 nitrogen and oxygen atoms in total. The Balaban J connectivity index is 0.00000261. The number of para-hydroxylation sites is 1. The normalized spacial score (nSPS) is 21.2. The average Bonchev–Trinajstić information content (AvgIpc) is 3.74. The van der Waals surface area contributed by atoms with Gasteiger partial charge in [-0.2, -0.15) is 0 Å². The molecule has 4 heterocycles. The van der Waals surface area contributed by atoms with Crippen LogP contribution in [0.1, 0.15) is 35.7 Å². The first-order valence-electron chi connectivity index (χ1n) is 16.0. The Hall–Kier alpha value is -2.96. The maximum Gasteiger partial charge on any atom is 1.00 e. The standard InChI is InChI=1S/C34H33F2N5O8S.2Na/c1-38(15-23-29(34(47)48)41-31(44)26(32(41)50-23)37-24(42)16-49-19-5-3-2-4-6-19)12-17-9-10-39(13-17)28-22(35)11-20-27(25(28)36)40(18-7-8-18)14-21(30(20)43)33(45)46;;/h2-6,11,14,17-18,26,32H,7-10,12-13,15-16H2,1H3,(H,37,42)(H,45,46)(H,47,48);;/q;2*+1/p-2/t17-,26+,32+;;/m0../s1. The molecule has 1 aliphatic carbocycles. The number of carbonyl (C=O) groups excluding carboxylic acids is 2. The number of carbonyl (C=O) groups is 3. The summed E-state index contributed by atoms with van der Waals surface area (Å²) in [6, 6.07) is 8.30. The number of carboxylic acid groups (broad SMARTS) is 2. The molecule has 1 amide bonds. The predicted octanol–water partition coefficient (Wildman–Crippen LogP) is -4.84. The van der Waals surface area contributed by atoms with E-state index in [1.165, 1.54) is 4.57 Å². The number of aromatic nitrogens is 1. The summed E-state index contributed by atoms with van der Waals surface area (Å²) in [5.41, 5.74) is -2.24. The largest absolute Gasteiger partial charge is 1.00 e. The number of ether oxygens (including phenoxy) is 1. The molecule has 1 aromatic heterocycles. The third-order valence-electron chi connectivity index (χ3n) is 9.30. The molecule has 262 valence electrons. The van der Waals surface area contributed by atoms with Crippen molar-refractivity contribution in [3.63, 3.8) is 0 Å². The summed E-state index contributed by atoms with van der Waals surface area (Å²) >= 11 is 1.16. The molecular formula is C34H31F2N5Na2O8S. The first-order valence-corrected chi connectivity index (χ1v) is 16.9. The van der Waals surface area contributed by atoms with Gasteiger partial charge in [-0.1, -0.05) is 30.0 Å². The molecule has 0 unspecified atom stereocenters. The minimum absolute atomic E-state index is 0. The summed E-state index contributed by atoms with van der Waals surface area (Å²) in [5, 5.41) is 33.0. The number of benzene rings is 2. The van der Waals surface area contributed by atoms with Crippen molar-refractivity contribution in [2.24, 2.45) is 10.9 Å². The van der Waals surface area contributed by atoms with Gasteiger partial charge in [0, 0.05) is 43.3 Å². The summed E-state index contributed by atoms with van der Waals surface area (Å²) in [6.45, 7) is 0.834. The van der Waals surface area contributed by atoms with Crippen LogP contribution in [0, 0.1) is 17.6 Å². The number of anilines is 1. The molecule has 18 heteroatoms. The maximum atomic E-state index is 16.1. The third-order valence-corrected chi connectivity index (χ3v) is 10.6. The van der Waals surface area contributed by atoms with E-state index in [1.807, 2.05) is 4.90 Å². The summed E-state index contributed by atoms with van der Waals surface area (Å²) in [5.74, 6) is -5.71. The van der Waals surface area contributed by atoms with Crippen molar-refractivity contribution in [2.75, 3.05) is 44.7 Å². The number of β-lactam (4-membered cyclic amide) rings is 1. The van der Waals surface area contributed by atoms with E-state index in [0.717, 1.165) is 28.9 Å². The van der Waals surface area contributed by atoms with Gasteiger partial charge in [-0.3, -0.25) is 19.5 Å². The van der Waals surface area contributed by atoms with Gasteiger partial charge < -0.3 is 39.2 Å². The van der Waals surface area contributed by atoms with Crippen LogP contribution in [0.15, 0.2) is 63.0 Å². The second-order valence-corrected chi connectivity index (χ2v) is 14.1. The minimum atomic E-state index is -1.71. The van der Waals surface area contributed by atoms with Crippen LogP contribution >= 0.6 is 11.8 Å². The van der Waals surface area contributed by atoms with Crippen LogP contribution in [0.4, 0.5) is 14.5 Å². The molecule has 4 aliphatic rings. The van der Waals surface area contributed by atoms with Crippen LogP contribution in [-0.2, 0) is 9.59 Å². The summed E-state index contributed by atoms with van der Waals surface area (Å²) in [6.07, 6.45) is 2.98. The molecule has 1 saturated carbocycles. The predicted molar refractivity (Wildman–Crippen MR) is 175 cm³/mol. The summed E-state index contributed by atoms with van der Waals surface area (Å²) < 4.78 is 38.4. The monoisotopic (exact) mass is 753 g/mol. The number of thioether (sulfide) groups is 1. The molecule has 52 heavy (non-hydrogen) atoms. The number of aromatic carboxylic acids is 1. The van der Waals surface area contributed by atoms with Crippen LogP contribution in [0.5, 0.6) is 5.75 Å². The first-order chi connectivity index (χ1) is 23.9. The number of aliphatic carboxylic acids is 1. The molecule has 2 aromatic carbocycles. The molecule has 0 spiro atoms. The van der Waals surface area contributed by atoms with Crippen molar-refractivity contribution in [3.05, 3.63) is 80.6 Å². The Labute approximate surface area is 344 Å². The van der Waals surface area contributed by atoms with Gasteiger partial charge in [0.25, 0.3) is 5.91 Å². The van der Waals surface area contributed by atoms with E-state index in [4.69, 9.17) is 4.74 Å². The molecule has 2 saturated heterocycles. The maximum absolute atomic E-state index is 16.1. The van der Waals surface area contributed by atoms with Gasteiger partial charge >= 0.3 is 65.1 Å². The number of rotatable bonds is 12. The fourth-order valence-electron chi connectivity index (χ4n) is 6.89. The topological polar surface area (TPSA) is 171 Å². The van der Waals surface area contributed by atoms with E-state index in [9.17, 15) is 34.5 Å². The van der Waals surface area contributed by atoms with Gasteiger partial charge in [-0.25, -0.2) is 13.6 Å². The van der Waals surface area contributed by atoms with Crippen molar-refractivity contribution in [3.8, 4) is 5.75 Å². The van der Waals surface area contributed by atoms with Gasteiger partial charge in [0.15, 0.2) is 17.3 Å². The number of amides is 1. The molecule has 1 N–H and O–H groups in total. The number of nitrogens with zero attached hydrogens (tertiary/aromatic N) is 5. The van der Waals surface area contributed by atoms with E-state index in [1.54, 1.807) is 42.3 Å². The third kappa shape index (κ3) is 7.67. The Bertz CT molecular complexity index is 2050. The van der Waals surface area contributed by atoms with Crippen molar-refractivity contribution in [1.29, 1.82) is 0 Å². The van der Waals surface area contributed by atoms with Crippen LogP contribution in [0.25, 0.3) is 10.9 Å². The quantitative estimate of drug-likeness (QED) is 0.0815. The number of pyridine rings is 1. The molecule has 0 bridgehead atoms. The van der Waals surface area contributed by atoms with E-state index in [-0.39, 0.29) is 113 Å². The number of aliphatic imine (C=N–C) groups is 1. The number of likely N-dealkylation sites (N-methyl/N-ethyl adjacent to an activating group) is 1. The second kappa shape index (κ2) is 16.2. The van der Waals surface area contributed by atoms with Gasteiger partial charge in [0.05, 0.1) is 22.4 Å². The number of hydrogen-bond acceptors (Lipinski definition) is 11. The SMILES string of the molecule is CN(CC1=C(C(=O)O)N2C(=O)[C@@H](N=C([O-])COc3ccccc3)[C@H]2S1)C[C@@H]1CCN(c2c(F)cc3c(=O)c(C(=O)[O-])cn(C4CC4)c3c2F)C1.[Na+].[Na+]. The van der Waals surface area contributed by atoms with E-state index < -0.39 is 57.8 Å². The van der Waals surface area contributed by atoms with E-state index in [0.29, 0.717) is 43.0 Å². The number of halogens is 2. The molecule has 3 fully saturated rings. The van der Waals surface area contributed by atoms with Crippen LogP contribution < -0.4 is 84.4 Å². The fourth-order valence-corrected chi connectivity index (χ4v) is 8.39. The van der Waals surface area contributed by atoms with Crippen molar-refractivity contribution in [2.45, 2.75) is 36.7 Å². The molecule has 3 atom stereocenters. The van der Waals surface area contributed by atoms with Gasteiger partial charge in [-0.15, -0.1) is 0 Å². The van der Waals surface area contributed by atoms with Crippen molar-refractivity contribution in [1.82, 2.24) is 14.4 Å². The zero-order valence-electron chi connectivity index (χ0n) is 28.7.